The molecular weight excluding hydrogens is 234 g/mol. The third-order valence-corrected chi connectivity index (χ3v) is 5.72. The molecule has 0 bridgehead atoms. The van der Waals surface area contributed by atoms with Crippen molar-refractivity contribution >= 4 is 5.91 Å². The molecule has 1 aromatic carbocycles. The number of rotatable bonds is 2. The molecule has 2 nitrogen and oxygen atoms in total. The lowest BCUT2D eigenvalue weighted by Gasteiger charge is -2.23. The fraction of sp³-hybridized carbons (Fsp3) is 0.588. The molecule has 1 aliphatic heterocycles. The summed E-state index contributed by atoms with van der Waals surface area (Å²) in [6.45, 7) is 4.33. The highest BCUT2D eigenvalue weighted by Gasteiger charge is 2.59. The number of piperidine rings is 1. The summed E-state index contributed by atoms with van der Waals surface area (Å²) in [7, 11) is 0. The van der Waals surface area contributed by atoms with Crippen LogP contribution in [0.3, 0.4) is 0 Å². The number of nitrogens with zero attached hydrogens (tertiary/aromatic N) is 1. The number of benzene rings is 1. The summed E-state index contributed by atoms with van der Waals surface area (Å²) in [5, 5.41) is 0. The summed E-state index contributed by atoms with van der Waals surface area (Å²) in [5.74, 6) is 1.44. The summed E-state index contributed by atoms with van der Waals surface area (Å²) < 4.78 is 0. The first-order valence-corrected chi connectivity index (χ1v) is 7.57. The Labute approximate surface area is 114 Å². The maximum Gasteiger partial charge on any atom is 0.226 e. The second-order valence-corrected chi connectivity index (χ2v) is 6.71. The van der Waals surface area contributed by atoms with Crippen LogP contribution in [0.5, 0.6) is 0 Å². The van der Waals surface area contributed by atoms with Crippen LogP contribution in [0.1, 0.15) is 30.9 Å². The smallest absolute Gasteiger partial charge is 0.226 e. The molecule has 1 saturated carbocycles. The third-order valence-electron chi connectivity index (χ3n) is 5.72. The normalized spacial score (nSPS) is 32.3. The number of carbonyl (C=O) groups excluding carboxylic acids is 1. The Morgan fingerprint density at radius 2 is 2.00 bits per heavy atom. The van der Waals surface area contributed by atoms with Crippen LogP contribution in [0.2, 0.25) is 0 Å². The van der Waals surface area contributed by atoms with E-state index in [0.29, 0.717) is 11.3 Å². The standard InChI is InChI=1S/C17H21NO/c1-2-17-9-15(17)10-18(11-17)16(19)14-7-12-5-3-4-6-13(12)8-14/h3-6,14-15H,2,7-11H2,1H3. The number of fused-ring (bicyclic) bond motifs is 2. The zero-order valence-corrected chi connectivity index (χ0v) is 11.6. The predicted molar refractivity (Wildman–Crippen MR) is 74.8 cm³/mol. The molecule has 0 aromatic heterocycles. The van der Waals surface area contributed by atoms with Crippen molar-refractivity contribution in [2.24, 2.45) is 17.3 Å². The summed E-state index contributed by atoms with van der Waals surface area (Å²) in [4.78, 5) is 14.8. The molecule has 0 spiro atoms. The van der Waals surface area contributed by atoms with E-state index >= 15 is 0 Å². The fourth-order valence-corrected chi connectivity index (χ4v) is 4.30. The lowest BCUT2D eigenvalue weighted by molar-refractivity contribution is -0.135. The van der Waals surface area contributed by atoms with E-state index in [4.69, 9.17) is 0 Å². The average molecular weight is 255 g/mol. The topological polar surface area (TPSA) is 20.3 Å². The van der Waals surface area contributed by atoms with Crippen LogP contribution in [0.4, 0.5) is 0 Å². The molecule has 0 N–H and O–H groups in total. The third kappa shape index (κ3) is 1.65. The second kappa shape index (κ2) is 3.84. The average Bonchev–Trinajstić information content (AvgIpc) is 2.84. The number of amides is 1. The van der Waals surface area contributed by atoms with Crippen molar-refractivity contribution in [2.45, 2.75) is 32.6 Å². The van der Waals surface area contributed by atoms with Crippen molar-refractivity contribution in [1.29, 1.82) is 0 Å². The summed E-state index contributed by atoms with van der Waals surface area (Å²) in [6, 6.07) is 8.53. The van der Waals surface area contributed by atoms with Gasteiger partial charge in [-0.2, -0.15) is 0 Å². The van der Waals surface area contributed by atoms with E-state index in [-0.39, 0.29) is 5.92 Å². The zero-order valence-electron chi connectivity index (χ0n) is 11.6. The van der Waals surface area contributed by atoms with Gasteiger partial charge in [0.05, 0.1) is 0 Å². The van der Waals surface area contributed by atoms with E-state index in [1.54, 1.807) is 0 Å². The second-order valence-electron chi connectivity index (χ2n) is 6.71. The van der Waals surface area contributed by atoms with Gasteiger partial charge in [-0.1, -0.05) is 31.2 Å². The molecule has 1 amide bonds. The number of hydrogen-bond donors (Lipinski definition) is 0. The Bertz CT molecular complexity index is 509. The summed E-state index contributed by atoms with van der Waals surface area (Å²) in [6.07, 6.45) is 4.51. The molecule has 19 heavy (non-hydrogen) atoms. The first-order chi connectivity index (χ1) is 9.22. The minimum Gasteiger partial charge on any atom is -0.342 e. The van der Waals surface area contributed by atoms with Crippen LogP contribution in [0, 0.1) is 17.3 Å². The van der Waals surface area contributed by atoms with E-state index in [1.165, 1.54) is 24.0 Å². The molecular formula is C17H21NO. The van der Waals surface area contributed by atoms with Gasteiger partial charge in [0, 0.05) is 19.0 Å². The maximum atomic E-state index is 12.7. The minimum absolute atomic E-state index is 0.212. The van der Waals surface area contributed by atoms with Crippen LogP contribution < -0.4 is 0 Å². The number of carbonyl (C=O) groups is 1. The van der Waals surface area contributed by atoms with Gasteiger partial charge in [-0.15, -0.1) is 0 Å². The first kappa shape index (κ1) is 11.5. The largest absolute Gasteiger partial charge is 0.342 e. The van der Waals surface area contributed by atoms with E-state index in [0.717, 1.165) is 31.8 Å². The lowest BCUT2D eigenvalue weighted by atomic mass is 10.0. The molecule has 2 fully saturated rings. The molecule has 0 radical (unpaired) electrons. The Morgan fingerprint density at radius 3 is 2.58 bits per heavy atom. The Hall–Kier alpha value is -1.31. The van der Waals surface area contributed by atoms with Crippen molar-refractivity contribution in [1.82, 2.24) is 4.90 Å². The molecule has 2 unspecified atom stereocenters. The van der Waals surface area contributed by atoms with Crippen molar-refractivity contribution < 1.29 is 4.79 Å². The van der Waals surface area contributed by atoms with Crippen LogP contribution in [-0.4, -0.2) is 23.9 Å². The number of hydrogen-bond acceptors (Lipinski definition) is 1. The zero-order chi connectivity index (χ0) is 13.0. The van der Waals surface area contributed by atoms with Gasteiger partial charge in [0.1, 0.15) is 0 Å². The van der Waals surface area contributed by atoms with E-state index in [9.17, 15) is 4.79 Å². The molecule has 2 heteroatoms. The van der Waals surface area contributed by atoms with Crippen LogP contribution in [-0.2, 0) is 17.6 Å². The lowest BCUT2D eigenvalue weighted by Crippen LogP contribution is -2.37. The molecule has 2 aliphatic carbocycles. The number of likely N-dealkylation sites (tertiary alicyclic amines) is 1. The highest BCUT2D eigenvalue weighted by molar-refractivity contribution is 5.81. The SMILES string of the molecule is CCC12CC1CN(C(=O)C1Cc3ccccc3C1)C2. The van der Waals surface area contributed by atoms with E-state index in [1.807, 2.05) is 0 Å². The van der Waals surface area contributed by atoms with Gasteiger partial charge < -0.3 is 4.90 Å². The van der Waals surface area contributed by atoms with Crippen molar-refractivity contribution in [3.8, 4) is 0 Å². The van der Waals surface area contributed by atoms with E-state index in [2.05, 4.69) is 36.1 Å². The molecule has 3 aliphatic rings. The molecule has 1 saturated heterocycles. The van der Waals surface area contributed by atoms with Gasteiger partial charge >= 0.3 is 0 Å². The minimum atomic E-state index is 0.212. The van der Waals surface area contributed by atoms with Gasteiger partial charge in [0.2, 0.25) is 5.91 Å². The molecule has 100 valence electrons. The summed E-state index contributed by atoms with van der Waals surface area (Å²) in [5.41, 5.74) is 3.28. The van der Waals surface area contributed by atoms with Crippen molar-refractivity contribution in [3.63, 3.8) is 0 Å². The quantitative estimate of drug-likeness (QED) is 0.795. The molecule has 2 atom stereocenters. The highest BCUT2D eigenvalue weighted by atomic mass is 16.2. The van der Waals surface area contributed by atoms with Gasteiger partial charge in [0.25, 0.3) is 0 Å². The van der Waals surface area contributed by atoms with Crippen LogP contribution >= 0.6 is 0 Å². The van der Waals surface area contributed by atoms with Crippen LogP contribution in [0.25, 0.3) is 0 Å². The monoisotopic (exact) mass is 255 g/mol. The van der Waals surface area contributed by atoms with Crippen molar-refractivity contribution in [3.05, 3.63) is 35.4 Å². The Morgan fingerprint density at radius 1 is 1.32 bits per heavy atom. The molecule has 1 aromatic rings. The molecule has 4 rings (SSSR count). The van der Waals surface area contributed by atoms with Gasteiger partial charge in [-0.25, -0.2) is 0 Å². The van der Waals surface area contributed by atoms with E-state index < -0.39 is 0 Å². The predicted octanol–water partition coefficient (Wildman–Crippen LogP) is 2.66. The van der Waals surface area contributed by atoms with Crippen LogP contribution in [0.15, 0.2) is 24.3 Å². The first-order valence-electron chi connectivity index (χ1n) is 7.57. The van der Waals surface area contributed by atoms with Gasteiger partial charge in [0.15, 0.2) is 0 Å². The molecule has 1 heterocycles. The van der Waals surface area contributed by atoms with Gasteiger partial charge in [-0.3, -0.25) is 4.79 Å². The maximum absolute atomic E-state index is 12.7. The summed E-state index contributed by atoms with van der Waals surface area (Å²) >= 11 is 0. The van der Waals surface area contributed by atoms with Crippen molar-refractivity contribution in [2.75, 3.05) is 13.1 Å². The Balaban J connectivity index is 1.46. The fourth-order valence-electron chi connectivity index (χ4n) is 4.30. The Kier molecular flexibility index (Phi) is 2.33. The van der Waals surface area contributed by atoms with Gasteiger partial charge in [-0.05, 0) is 48.1 Å². The highest BCUT2D eigenvalue weighted by Crippen LogP contribution is 2.60.